The molecular weight excluding hydrogens is 444 g/mol. The summed E-state index contributed by atoms with van der Waals surface area (Å²) in [6.45, 7) is 0. The molecule has 2 aromatic rings. The minimum absolute atomic E-state index is 0.00621. The molecule has 176 valence electrons. The molecule has 5 N–H and O–H groups in total. The number of carbonyl (C=O) groups is 1. The van der Waals surface area contributed by atoms with Crippen LogP contribution >= 0.6 is 0 Å². The van der Waals surface area contributed by atoms with Gasteiger partial charge in [0.1, 0.15) is 17.3 Å². The molecule has 4 fully saturated rings. The number of anilines is 2. The monoisotopic (exact) mass is 467 g/mol. The number of carboxylic acids is 1. The summed E-state index contributed by atoms with van der Waals surface area (Å²) in [7, 11) is 0. The zero-order valence-corrected chi connectivity index (χ0v) is 18.1. The Bertz CT molecular complexity index is 1220. The number of nitrogen functional groups attached to an aromatic ring is 1. The third-order valence-electron chi connectivity index (χ3n) is 7.37. The van der Waals surface area contributed by atoms with Crippen molar-refractivity contribution < 1.29 is 18.7 Å². The largest absolute Gasteiger partial charge is 0.481 e. The van der Waals surface area contributed by atoms with Gasteiger partial charge in [-0.25, -0.2) is 23.7 Å². The molecule has 0 radical (unpaired) electrons. The highest BCUT2D eigenvalue weighted by molar-refractivity contribution is 6.11. The van der Waals surface area contributed by atoms with Crippen LogP contribution in [0.3, 0.4) is 0 Å². The summed E-state index contributed by atoms with van der Waals surface area (Å²) >= 11 is 0. The fraction of sp³-hybridized carbons (Fsp3) is 0.478. The van der Waals surface area contributed by atoms with Crippen molar-refractivity contribution in [2.75, 3.05) is 11.1 Å². The highest BCUT2D eigenvalue weighted by atomic mass is 19.1. The second-order valence-corrected chi connectivity index (χ2v) is 9.34. The van der Waals surface area contributed by atoms with Crippen molar-refractivity contribution in [3.63, 3.8) is 0 Å². The highest BCUT2D eigenvalue weighted by Gasteiger charge is 2.48. The summed E-state index contributed by atoms with van der Waals surface area (Å²) in [6.07, 6.45) is 4.68. The average molecular weight is 467 g/mol. The summed E-state index contributed by atoms with van der Waals surface area (Å²) in [4.78, 5) is 24.2. The third kappa shape index (κ3) is 3.73. The normalized spacial score (nSPS) is 29.3. The van der Waals surface area contributed by atoms with E-state index in [4.69, 9.17) is 11.1 Å². The number of hydrogen-bond acceptors (Lipinski definition) is 8. The second kappa shape index (κ2) is 8.27. The molecule has 9 nitrogen and oxygen atoms in total. The molecular formula is C23H23F2N7O2. The van der Waals surface area contributed by atoms with Gasteiger partial charge in [-0.05, 0) is 50.0 Å². The van der Waals surface area contributed by atoms with Gasteiger partial charge in [0.05, 0.1) is 29.8 Å². The van der Waals surface area contributed by atoms with Crippen LogP contribution in [0.25, 0.3) is 0 Å². The lowest BCUT2D eigenvalue weighted by Crippen LogP contribution is -2.51. The highest BCUT2D eigenvalue weighted by Crippen LogP contribution is 2.49. The third-order valence-corrected chi connectivity index (χ3v) is 7.37. The van der Waals surface area contributed by atoms with Crippen LogP contribution in [0.1, 0.15) is 55.1 Å². The van der Waals surface area contributed by atoms with E-state index in [9.17, 15) is 19.6 Å². The average Bonchev–Trinajstić information content (AvgIpc) is 3.61. The second-order valence-electron chi connectivity index (χ2n) is 9.34. The van der Waals surface area contributed by atoms with Gasteiger partial charge in [-0.1, -0.05) is 0 Å². The Balaban J connectivity index is 1.56. The van der Waals surface area contributed by atoms with Gasteiger partial charge in [0.2, 0.25) is 0 Å². The smallest absolute Gasteiger partial charge is 0.308 e. The molecule has 4 saturated carbocycles. The number of nitrogens with two attached hydrogens (primary N) is 1. The molecule has 0 spiro atoms. The Morgan fingerprint density at radius 1 is 1.24 bits per heavy atom. The lowest BCUT2D eigenvalue weighted by Gasteiger charge is -2.47. The quantitative estimate of drug-likeness (QED) is 0.471. The number of fused-ring (bicyclic) bond motifs is 3. The van der Waals surface area contributed by atoms with Crippen molar-refractivity contribution in [3.8, 4) is 6.07 Å². The standard InChI is InChI=1S/C23H23F2N7O2/c24-12-6-14(20(28)29-8-12)17(27)22-31-19(13-5-11(13)7-26)16(25)21(32-22)30-18-10-3-1-9(2-4-10)15(18)23(33)34/h6,8-11,13,15,18,27H,1-5H2,(H2,28,29)(H,33,34)(H,30,31,32). The zero-order valence-electron chi connectivity index (χ0n) is 18.1. The molecule has 4 aliphatic carbocycles. The first-order valence-electron chi connectivity index (χ1n) is 11.2. The predicted molar refractivity (Wildman–Crippen MR) is 117 cm³/mol. The van der Waals surface area contributed by atoms with Crippen molar-refractivity contribution in [1.82, 2.24) is 15.0 Å². The molecule has 11 heteroatoms. The van der Waals surface area contributed by atoms with Crippen molar-refractivity contribution in [1.29, 1.82) is 10.7 Å². The van der Waals surface area contributed by atoms with Crippen molar-refractivity contribution >= 4 is 23.3 Å². The Labute approximate surface area is 193 Å². The minimum atomic E-state index is -0.931. The molecule has 2 heterocycles. The van der Waals surface area contributed by atoms with Crippen LogP contribution in [0.4, 0.5) is 20.4 Å². The molecule has 0 aliphatic heterocycles. The van der Waals surface area contributed by atoms with Crippen LogP contribution in [0, 0.1) is 52.0 Å². The number of pyridine rings is 1. The Hall–Kier alpha value is -3.68. The number of aromatic nitrogens is 3. The Morgan fingerprint density at radius 3 is 2.59 bits per heavy atom. The summed E-state index contributed by atoms with van der Waals surface area (Å²) < 4.78 is 29.4. The van der Waals surface area contributed by atoms with Gasteiger partial charge in [0.25, 0.3) is 0 Å². The first-order chi connectivity index (χ1) is 16.3. The molecule has 2 bridgehead atoms. The number of nitrogens with zero attached hydrogens (tertiary/aromatic N) is 4. The maximum atomic E-state index is 15.6. The zero-order chi connectivity index (χ0) is 24.1. The van der Waals surface area contributed by atoms with Crippen LogP contribution in [-0.2, 0) is 4.79 Å². The number of nitriles is 1. The first-order valence-corrected chi connectivity index (χ1v) is 11.2. The number of nitrogens with one attached hydrogen (secondary N) is 2. The van der Waals surface area contributed by atoms with E-state index in [1.165, 1.54) is 0 Å². The SMILES string of the molecule is N#CC1CC1c1nc(C(=N)c2cc(F)cnc2N)nc(NC2C3CCC(CC3)C2C(=O)O)c1F. The topological polar surface area (TPSA) is 162 Å². The van der Waals surface area contributed by atoms with Crippen LogP contribution in [0.15, 0.2) is 12.3 Å². The van der Waals surface area contributed by atoms with Crippen LogP contribution in [0.5, 0.6) is 0 Å². The van der Waals surface area contributed by atoms with Crippen LogP contribution in [-0.4, -0.2) is 37.8 Å². The van der Waals surface area contributed by atoms with Crippen molar-refractivity contribution in [3.05, 3.63) is 41.0 Å². The maximum absolute atomic E-state index is 15.6. The van der Waals surface area contributed by atoms with Crippen LogP contribution < -0.4 is 11.1 Å². The van der Waals surface area contributed by atoms with E-state index in [1.807, 2.05) is 0 Å². The number of aliphatic carboxylic acids is 1. The van der Waals surface area contributed by atoms with Crippen LogP contribution in [0.2, 0.25) is 0 Å². The molecule has 4 aliphatic rings. The van der Waals surface area contributed by atoms with Gasteiger partial charge < -0.3 is 16.2 Å². The molecule has 2 aromatic heterocycles. The predicted octanol–water partition coefficient (Wildman–Crippen LogP) is 3.08. The van der Waals surface area contributed by atoms with Gasteiger partial charge in [0.15, 0.2) is 17.5 Å². The van der Waals surface area contributed by atoms with Gasteiger partial charge in [-0.15, -0.1) is 0 Å². The molecule has 34 heavy (non-hydrogen) atoms. The fourth-order valence-corrected chi connectivity index (χ4v) is 5.50. The summed E-state index contributed by atoms with van der Waals surface area (Å²) in [5, 5.41) is 30.6. The van der Waals surface area contributed by atoms with E-state index < -0.39 is 41.4 Å². The van der Waals surface area contributed by atoms with E-state index >= 15 is 4.39 Å². The molecule has 4 unspecified atom stereocenters. The number of rotatable bonds is 6. The number of hydrogen-bond donors (Lipinski definition) is 4. The Kier molecular flexibility index (Phi) is 5.38. The van der Waals surface area contributed by atoms with Gasteiger partial charge in [-0.3, -0.25) is 10.2 Å². The summed E-state index contributed by atoms with van der Waals surface area (Å²) in [5.41, 5.74) is 5.42. The molecule has 6 rings (SSSR count). The summed E-state index contributed by atoms with van der Waals surface area (Å²) in [6, 6.07) is 2.61. The number of halogens is 2. The van der Waals surface area contributed by atoms with E-state index in [-0.39, 0.29) is 46.3 Å². The maximum Gasteiger partial charge on any atom is 0.308 e. The van der Waals surface area contributed by atoms with E-state index in [0.717, 1.165) is 37.9 Å². The fourth-order valence-electron chi connectivity index (χ4n) is 5.50. The Morgan fingerprint density at radius 2 is 1.94 bits per heavy atom. The van der Waals surface area contributed by atoms with Gasteiger partial charge in [0, 0.05) is 17.5 Å². The van der Waals surface area contributed by atoms with Gasteiger partial charge in [-0.2, -0.15) is 5.26 Å². The van der Waals surface area contributed by atoms with Crippen molar-refractivity contribution in [2.45, 2.75) is 44.1 Å². The summed E-state index contributed by atoms with van der Waals surface area (Å²) in [5.74, 6) is -4.38. The lowest BCUT2D eigenvalue weighted by molar-refractivity contribution is -0.148. The lowest BCUT2D eigenvalue weighted by atomic mass is 9.61. The molecule has 0 amide bonds. The molecule has 0 saturated heterocycles. The minimum Gasteiger partial charge on any atom is -0.481 e. The molecule has 0 aromatic carbocycles. The van der Waals surface area contributed by atoms with Gasteiger partial charge >= 0.3 is 5.97 Å². The first kappa shape index (κ1) is 22.1. The van der Waals surface area contributed by atoms with E-state index in [1.54, 1.807) is 0 Å². The van der Waals surface area contributed by atoms with Crippen molar-refractivity contribution in [2.24, 2.45) is 23.7 Å². The van der Waals surface area contributed by atoms with E-state index in [2.05, 4.69) is 26.3 Å². The number of carboxylic acid groups (broad SMARTS) is 1. The molecule has 4 atom stereocenters. The van der Waals surface area contributed by atoms with E-state index in [0.29, 0.717) is 6.42 Å².